The molecule has 0 heterocycles. The van der Waals surface area contributed by atoms with Crippen LogP contribution in [-0.4, -0.2) is 25.0 Å². The molecular formula is C6H13NO2. The summed E-state index contributed by atoms with van der Waals surface area (Å²) < 4.78 is 4.93. The third-order valence-electron chi connectivity index (χ3n) is 1.48. The van der Waals surface area contributed by atoms with E-state index in [0.717, 1.165) is 0 Å². The molecule has 54 valence electrons. The molecule has 2 N–H and O–H groups in total. The molecule has 0 spiro atoms. The Kier molecular flexibility index (Phi) is 2.81. The fraction of sp³-hybridized carbons (Fsp3) is 0.833. The predicted octanol–water partition coefficient (Wildman–Crippen LogP) is -0.0624. The first-order valence-corrected chi connectivity index (χ1v) is 2.80. The van der Waals surface area contributed by atoms with Gasteiger partial charge in [0.15, 0.2) is 0 Å². The van der Waals surface area contributed by atoms with Gasteiger partial charge < -0.3 is 15.3 Å². The number of nitrogens with two attached hydrogens (primary N) is 1. The van der Waals surface area contributed by atoms with E-state index >= 15 is 0 Å². The molecule has 0 aliphatic rings. The van der Waals surface area contributed by atoms with E-state index in [1.165, 1.54) is 7.11 Å². The van der Waals surface area contributed by atoms with Crippen LogP contribution >= 0.6 is 0 Å². The van der Waals surface area contributed by atoms with Crippen molar-refractivity contribution < 1.29 is 9.53 Å². The summed E-state index contributed by atoms with van der Waals surface area (Å²) in [5, 5.41) is 0. The summed E-state index contributed by atoms with van der Waals surface area (Å²) in [6, 6.07) is -0.539. The van der Waals surface area contributed by atoms with Crippen molar-refractivity contribution in [2.75, 3.05) is 7.11 Å². The summed E-state index contributed by atoms with van der Waals surface area (Å²) in [7, 11) is 1.53. The van der Waals surface area contributed by atoms with Gasteiger partial charge in [0.25, 0.3) is 0 Å². The average molecular weight is 131 g/mol. The number of rotatable bonds is 3. The van der Waals surface area contributed by atoms with Crippen molar-refractivity contribution >= 4 is 6.29 Å². The van der Waals surface area contributed by atoms with Crippen LogP contribution in [-0.2, 0) is 9.53 Å². The van der Waals surface area contributed by atoms with Gasteiger partial charge in [-0.1, -0.05) is 0 Å². The zero-order valence-corrected chi connectivity index (χ0v) is 6.05. The van der Waals surface area contributed by atoms with Gasteiger partial charge in [-0.15, -0.1) is 0 Å². The Labute approximate surface area is 55.2 Å². The van der Waals surface area contributed by atoms with Crippen molar-refractivity contribution in [3.8, 4) is 0 Å². The van der Waals surface area contributed by atoms with Crippen LogP contribution in [0.5, 0.6) is 0 Å². The topological polar surface area (TPSA) is 52.3 Å². The fourth-order valence-corrected chi connectivity index (χ4v) is 0.300. The molecule has 0 aliphatic heterocycles. The van der Waals surface area contributed by atoms with Gasteiger partial charge in [-0.3, -0.25) is 0 Å². The highest BCUT2D eigenvalue weighted by Crippen LogP contribution is 2.08. The van der Waals surface area contributed by atoms with E-state index in [2.05, 4.69) is 0 Å². The lowest BCUT2D eigenvalue weighted by molar-refractivity contribution is -0.114. The van der Waals surface area contributed by atoms with Gasteiger partial charge in [-0.2, -0.15) is 0 Å². The van der Waals surface area contributed by atoms with Crippen molar-refractivity contribution in [3.05, 3.63) is 0 Å². The quantitative estimate of drug-likeness (QED) is 0.546. The number of carbonyl (C=O) groups excluding carboxylic acids is 1. The van der Waals surface area contributed by atoms with Crippen LogP contribution in [0.1, 0.15) is 13.8 Å². The zero-order chi connectivity index (χ0) is 7.49. The van der Waals surface area contributed by atoms with Crippen LogP contribution in [0.15, 0.2) is 0 Å². The second-order valence-electron chi connectivity index (χ2n) is 2.47. The lowest BCUT2D eigenvalue weighted by Crippen LogP contribution is -2.45. The highest BCUT2D eigenvalue weighted by atomic mass is 16.5. The van der Waals surface area contributed by atoms with Gasteiger partial charge in [-0.25, -0.2) is 0 Å². The molecule has 0 radical (unpaired) electrons. The number of carbonyl (C=O) groups is 1. The Morgan fingerprint density at radius 2 is 2.11 bits per heavy atom. The molecule has 1 atom stereocenters. The summed E-state index contributed by atoms with van der Waals surface area (Å²) in [4.78, 5) is 10.1. The molecule has 0 saturated heterocycles. The SMILES string of the molecule is COC(C)(C)C(N)C=O. The van der Waals surface area contributed by atoms with E-state index in [-0.39, 0.29) is 0 Å². The van der Waals surface area contributed by atoms with Gasteiger partial charge in [-0.05, 0) is 13.8 Å². The van der Waals surface area contributed by atoms with Gasteiger partial charge in [0, 0.05) is 7.11 Å². The van der Waals surface area contributed by atoms with E-state index < -0.39 is 11.6 Å². The predicted molar refractivity (Wildman–Crippen MR) is 35.1 cm³/mol. The molecule has 0 aromatic heterocycles. The maximum atomic E-state index is 10.1. The summed E-state index contributed by atoms with van der Waals surface area (Å²) in [5.41, 5.74) is 4.83. The highest BCUT2D eigenvalue weighted by Gasteiger charge is 2.24. The Hall–Kier alpha value is -0.410. The Bertz CT molecular complexity index is 101. The molecule has 3 nitrogen and oxygen atoms in total. The van der Waals surface area contributed by atoms with Gasteiger partial charge in [0.2, 0.25) is 0 Å². The van der Waals surface area contributed by atoms with E-state index in [9.17, 15) is 4.79 Å². The molecule has 3 heteroatoms. The average Bonchev–Trinajstić information content (AvgIpc) is 1.86. The molecule has 0 aromatic rings. The lowest BCUT2D eigenvalue weighted by atomic mass is 10.0. The number of hydrogen-bond donors (Lipinski definition) is 1. The van der Waals surface area contributed by atoms with Crippen LogP contribution in [0, 0.1) is 0 Å². The monoisotopic (exact) mass is 131 g/mol. The first-order valence-electron chi connectivity index (χ1n) is 2.80. The van der Waals surface area contributed by atoms with Crippen LogP contribution in [0.2, 0.25) is 0 Å². The second-order valence-corrected chi connectivity index (χ2v) is 2.47. The van der Waals surface area contributed by atoms with Crippen LogP contribution in [0.3, 0.4) is 0 Å². The second kappa shape index (κ2) is 2.94. The maximum Gasteiger partial charge on any atom is 0.139 e. The number of ether oxygens (including phenoxy) is 1. The van der Waals surface area contributed by atoms with E-state index in [4.69, 9.17) is 10.5 Å². The minimum atomic E-state index is -0.540. The lowest BCUT2D eigenvalue weighted by Gasteiger charge is -2.25. The van der Waals surface area contributed by atoms with Crippen LogP contribution in [0.25, 0.3) is 0 Å². The van der Waals surface area contributed by atoms with Crippen molar-refractivity contribution in [3.63, 3.8) is 0 Å². The summed E-state index contributed by atoms with van der Waals surface area (Å²) in [6.07, 6.45) is 0.684. The molecule has 0 aliphatic carbocycles. The fourth-order valence-electron chi connectivity index (χ4n) is 0.300. The Morgan fingerprint density at radius 3 is 2.22 bits per heavy atom. The zero-order valence-electron chi connectivity index (χ0n) is 6.05. The maximum absolute atomic E-state index is 10.1. The van der Waals surface area contributed by atoms with Crippen molar-refractivity contribution in [2.24, 2.45) is 5.73 Å². The van der Waals surface area contributed by atoms with Crippen molar-refractivity contribution in [1.82, 2.24) is 0 Å². The first kappa shape index (κ1) is 8.59. The van der Waals surface area contributed by atoms with Gasteiger partial charge in [0.05, 0.1) is 11.6 Å². The molecule has 0 amide bonds. The highest BCUT2D eigenvalue weighted by molar-refractivity contribution is 5.59. The molecule has 0 saturated carbocycles. The summed E-state index contributed by atoms with van der Waals surface area (Å²) in [6.45, 7) is 3.54. The first-order chi connectivity index (χ1) is 4.04. The van der Waals surface area contributed by atoms with Gasteiger partial charge in [0.1, 0.15) is 6.29 Å². The molecule has 1 unspecified atom stereocenters. The Morgan fingerprint density at radius 1 is 1.67 bits per heavy atom. The largest absolute Gasteiger partial charge is 0.377 e. The van der Waals surface area contributed by atoms with Crippen molar-refractivity contribution in [1.29, 1.82) is 0 Å². The van der Waals surface area contributed by atoms with Crippen LogP contribution < -0.4 is 5.73 Å². The van der Waals surface area contributed by atoms with Crippen molar-refractivity contribution in [2.45, 2.75) is 25.5 Å². The van der Waals surface area contributed by atoms with E-state index in [1.54, 1.807) is 13.8 Å². The van der Waals surface area contributed by atoms with Gasteiger partial charge >= 0.3 is 0 Å². The summed E-state index contributed by atoms with van der Waals surface area (Å²) in [5.74, 6) is 0. The van der Waals surface area contributed by atoms with Crippen LogP contribution in [0.4, 0.5) is 0 Å². The smallest absolute Gasteiger partial charge is 0.139 e. The standard InChI is InChI=1S/C6H13NO2/c1-6(2,9-3)5(7)4-8/h4-5H,7H2,1-3H3. The number of methoxy groups -OCH3 is 1. The molecule has 0 bridgehead atoms. The minimum Gasteiger partial charge on any atom is -0.377 e. The minimum absolute atomic E-state index is 0.539. The normalized spacial score (nSPS) is 15.1. The number of hydrogen-bond acceptors (Lipinski definition) is 3. The molecule has 0 fully saturated rings. The summed E-state index contributed by atoms with van der Waals surface area (Å²) >= 11 is 0. The Balaban J connectivity index is 3.95. The molecule has 9 heavy (non-hydrogen) atoms. The third-order valence-corrected chi connectivity index (χ3v) is 1.48. The molecular weight excluding hydrogens is 118 g/mol. The van der Waals surface area contributed by atoms with E-state index in [1.807, 2.05) is 0 Å². The van der Waals surface area contributed by atoms with E-state index in [0.29, 0.717) is 6.29 Å². The number of aldehydes is 1. The molecule has 0 rings (SSSR count). The third kappa shape index (κ3) is 2.11. The molecule has 0 aromatic carbocycles.